The van der Waals surface area contributed by atoms with E-state index in [0.717, 1.165) is 17.1 Å². The minimum atomic E-state index is -0.523. The molecule has 1 N–H and O–H groups in total. The number of nitrogens with zero attached hydrogens (tertiary/aromatic N) is 2. The van der Waals surface area contributed by atoms with Gasteiger partial charge in [0.05, 0.1) is 12.8 Å². The van der Waals surface area contributed by atoms with Crippen molar-refractivity contribution >= 4 is 39.7 Å². The van der Waals surface area contributed by atoms with Gasteiger partial charge in [-0.1, -0.05) is 17.5 Å². The van der Waals surface area contributed by atoms with Gasteiger partial charge in [0.15, 0.2) is 17.3 Å². The zero-order chi connectivity index (χ0) is 28.6. The molecule has 4 rings (SSSR count). The number of hydrogen-bond acceptors (Lipinski definition) is 6. The number of rotatable bonds is 11. The lowest BCUT2D eigenvalue weighted by atomic mass is 10.2. The fourth-order valence-corrected chi connectivity index (χ4v) is 4.58. The molecular weight excluding hydrogens is 598 g/mol. The monoisotopic (exact) mass is 623 g/mol. The number of ether oxygens (including phenoxy) is 3. The van der Waals surface area contributed by atoms with E-state index < -0.39 is 5.91 Å². The van der Waals surface area contributed by atoms with Crippen molar-refractivity contribution < 1.29 is 23.4 Å². The summed E-state index contributed by atoms with van der Waals surface area (Å²) in [5.74, 6) is 3.87. The van der Waals surface area contributed by atoms with E-state index in [-0.39, 0.29) is 24.0 Å². The van der Waals surface area contributed by atoms with Gasteiger partial charge in [0.2, 0.25) is 0 Å². The topological polar surface area (TPSA) is 87.2 Å². The van der Waals surface area contributed by atoms with Gasteiger partial charge >= 0.3 is 5.91 Å². The second kappa shape index (κ2) is 13.3. The number of hydrazone groups is 1. The molecule has 0 spiro atoms. The molecule has 0 saturated heterocycles. The number of aryl methyl sites for hydroxylation is 2. The molecule has 2 aromatic carbocycles. The van der Waals surface area contributed by atoms with Crippen molar-refractivity contribution in [3.63, 3.8) is 0 Å². The van der Waals surface area contributed by atoms with Gasteiger partial charge in [-0.05, 0) is 91.3 Å². The summed E-state index contributed by atoms with van der Waals surface area (Å²) in [7, 11) is 0. The SMILES string of the molecule is C#CCOc1c(OCC)cc(/C=N/NC(=O)c2ccc(COc3ccc(-n4c(C)ccc4C)cc3)o2)c(Br)c1Cl. The maximum Gasteiger partial charge on any atom is 0.307 e. The zero-order valence-corrected chi connectivity index (χ0v) is 24.5. The van der Waals surface area contributed by atoms with Crippen molar-refractivity contribution in [1.82, 2.24) is 9.99 Å². The molecule has 0 unspecified atom stereocenters. The highest BCUT2D eigenvalue weighted by atomic mass is 79.9. The molecular formula is C30H27BrClN3O5. The Kier molecular flexibility index (Phi) is 9.59. The smallest absolute Gasteiger partial charge is 0.307 e. The summed E-state index contributed by atoms with van der Waals surface area (Å²) in [5.41, 5.74) is 6.38. The predicted molar refractivity (Wildman–Crippen MR) is 158 cm³/mol. The average molecular weight is 625 g/mol. The third kappa shape index (κ3) is 6.71. The van der Waals surface area contributed by atoms with Crippen molar-refractivity contribution in [3.8, 4) is 35.3 Å². The molecule has 0 atom stereocenters. The molecule has 0 aliphatic carbocycles. The van der Waals surface area contributed by atoms with Crippen LogP contribution >= 0.6 is 27.5 Å². The molecule has 10 heteroatoms. The van der Waals surface area contributed by atoms with Crippen LogP contribution in [0.5, 0.6) is 17.2 Å². The highest BCUT2D eigenvalue weighted by molar-refractivity contribution is 9.10. The number of hydrogen-bond donors (Lipinski definition) is 1. The molecule has 8 nitrogen and oxygen atoms in total. The molecule has 1 amide bonds. The molecule has 0 fully saturated rings. The normalized spacial score (nSPS) is 10.9. The second-order valence-electron chi connectivity index (χ2n) is 8.55. The first-order valence-electron chi connectivity index (χ1n) is 12.3. The van der Waals surface area contributed by atoms with E-state index in [9.17, 15) is 4.79 Å². The molecule has 0 bridgehead atoms. The van der Waals surface area contributed by atoms with E-state index in [1.165, 1.54) is 6.21 Å². The Labute approximate surface area is 246 Å². The number of nitrogens with one attached hydrogen (secondary N) is 1. The van der Waals surface area contributed by atoms with Crippen molar-refractivity contribution in [1.29, 1.82) is 0 Å². The number of aromatic nitrogens is 1. The fraction of sp³-hybridized carbons (Fsp3) is 0.200. The number of carbonyl (C=O) groups is 1. The minimum absolute atomic E-state index is 0.0337. The minimum Gasteiger partial charge on any atom is -0.490 e. The molecule has 0 radical (unpaired) electrons. The van der Waals surface area contributed by atoms with Crippen LogP contribution in [0.25, 0.3) is 5.69 Å². The highest BCUT2D eigenvalue weighted by Gasteiger charge is 2.17. The molecule has 206 valence electrons. The number of benzene rings is 2. The van der Waals surface area contributed by atoms with Crippen molar-refractivity contribution in [3.05, 3.63) is 92.6 Å². The fourth-order valence-electron chi connectivity index (χ4n) is 3.92. The lowest BCUT2D eigenvalue weighted by Gasteiger charge is -2.14. The standard InChI is InChI=1S/C30H27BrClN3O5/c1-5-15-38-29-26(37-6-2)16-21(27(31)28(29)32)17-33-34-30(36)25-14-13-24(40-25)18-39-23-11-9-22(10-12-23)35-19(3)7-8-20(35)4/h1,7-14,16-17H,6,15,18H2,2-4H3,(H,34,36)/b33-17+. The first kappa shape index (κ1) is 28.9. The van der Waals surface area contributed by atoms with Crippen molar-refractivity contribution in [2.24, 2.45) is 5.10 Å². The van der Waals surface area contributed by atoms with Gasteiger partial charge in [-0.2, -0.15) is 5.10 Å². The van der Waals surface area contributed by atoms with Crippen LogP contribution in [-0.4, -0.2) is 29.9 Å². The Morgan fingerprint density at radius 1 is 1.12 bits per heavy atom. The number of furan rings is 1. The van der Waals surface area contributed by atoms with Gasteiger partial charge in [0, 0.05) is 27.1 Å². The molecule has 4 aromatic rings. The van der Waals surface area contributed by atoms with Gasteiger partial charge in [-0.25, -0.2) is 5.43 Å². The highest BCUT2D eigenvalue weighted by Crippen LogP contribution is 2.42. The Morgan fingerprint density at radius 2 is 1.85 bits per heavy atom. The third-order valence-electron chi connectivity index (χ3n) is 5.76. The van der Waals surface area contributed by atoms with E-state index in [1.54, 1.807) is 18.2 Å². The van der Waals surface area contributed by atoms with Gasteiger partial charge in [0.1, 0.15) is 29.7 Å². The Morgan fingerprint density at radius 3 is 2.52 bits per heavy atom. The van der Waals surface area contributed by atoms with Crippen LogP contribution in [0, 0.1) is 26.2 Å². The summed E-state index contributed by atoms with van der Waals surface area (Å²) in [6.45, 7) is 6.55. The van der Waals surface area contributed by atoms with Crippen LogP contribution in [0.4, 0.5) is 0 Å². The maximum absolute atomic E-state index is 12.6. The van der Waals surface area contributed by atoms with Gasteiger partial charge < -0.3 is 23.2 Å². The first-order chi connectivity index (χ1) is 19.3. The molecule has 0 aliphatic heterocycles. The van der Waals surface area contributed by atoms with Crippen molar-refractivity contribution in [2.75, 3.05) is 13.2 Å². The molecule has 2 aromatic heterocycles. The number of terminal acetylenes is 1. The lowest BCUT2D eigenvalue weighted by molar-refractivity contribution is 0.0923. The summed E-state index contributed by atoms with van der Waals surface area (Å²) in [6, 6.07) is 16.9. The summed E-state index contributed by atoms with van der Waals surface area (Å²) in [4.78, 5) is 12.6. The van der Waals surface area contributed by atoms with Gasteiger partial charge in [-0.15, -0.1) is 6.42 Å². The number of halogens is 2. The first-order valence-corrected chi connectivity index (χ1v) is 13.5. The maximum atomic E-state index is 12.6. The lowest BCUT2D eigenvalue weighted by Crippen LogP contribution is -2.16. The Balaban J connectivity index is 1.36. The zero-order valence-electron chi connectivity index (χ0n) is 22.2. The summed E-state index contributed by atoms with van der Waals surface area (Å²) >= 11 is 9.86. The third-order valence-corrected chi connectivity index (χ3v) is 7.20. The molecule has 0 saturated carbocycles. The largest absolute Gasteiger partial charge is 0.490 e. The molecule has 40 heavy (non-hydrogen) atoms. The van der Waals surface area contributed by atoms with E-state index in [4.69, 9.17) is 36.7 Å². The summed E-state index contributed by atoms with van der Waals surface area (Å²) in [6.07, 6.45) is 6.71. The second-order valence-corrected chi connectivity index (χ2v) is 9.72. The Bertz CT molecular complexity index is 1550. The molecule has 2 heterocycles. The van der Waals surface area contributed by atoms with Crippen molar-refractivity contribution in [2.45, 2.75) is 27.4 Å². The predicted octanol–water partition coefficient (Wildman–Crippen LogP) is 6.86. The quantitative estimate of drug-likeness (QED) is 0.112. The van der Waals surface area contributed by atoms with Crippen LogP contribution < -0.4 is 19.6 Å². The van der Waals surface area contributed by atoms with E-state index in [1.807, 2.05) is 31.2 Å². The average Bonchev–Trinajstić information content (AvgIpc) is 3.56. The van der Waals surface area contributed by atoms with E-state index in [2.05, 4.69) is 62.9 Å². The van der Waals surface area contributed by atoms with Gasteiger partial charge in [-0.3, -0.25) is 4.79 Å². The number of amides is 1. The van der Waals surface area contributed by atoms with E-state index >= 15 is 0 Å². The summed E-state index contributed by atoms with van der Waals surface area (Å²) < 4.78 is 25.3. The summed E-state index contributed by atoms with van der Waals surface area (Å²) in [5, 5.41) is 4.29. The van der Waals surface area contributed by atoms with Crippen LogP contribution in [-0.2, 0) is 6.61 Å². The Hall–Kier alpha value is -4.13. The van der Waals surface area contributed by atoms with Gasteiger partial charge in [0.25, 0.3) is 0 Å². The van der Waals surface area contributed by atoms with Crippen LogP contribution in [0.2, 0.25) is 5.02 Å². The van der Waals surface area contributed by atoms with Crippen LogP contribution in [0.15, 0.2) is 68.6 Å². The van der Waals surface area contributed by atoms with E-state index in [0.29, 0.717) is 39.7 Å². The number of carbonyl (C=O) groups excluding carboxylic acids is 1. The van der Waals surface area contributed by atoms with Crippen LogP contribution in [0.3, 0.4) is 0 Å². The molecule has 0 aliphatic rings. The van der Waals surface area contributed by atoms with Crippen LogP contribution in [0.1, 0.15) is 40.2 Å².